The summed E-state index contributed by atoms with van der Waals surface area (Å²) in [5.74, 6) is 0.949. The van der Waals surface area contributed by atoms with Crippen molar-refractivity contribution in [2.24, 2.45) is 5.41 Å². The average molecular weight is 422 g/mol. The molecule has 0 atom stereocenters. The van der Waals surface area contributed by atoms with E-state index < -0.39 is 0 Å². The van der Waals surface area contributed by atoms with Crippen molar-refractivity contribution in [2.45, 2.75) is 51.5 Å². The SMILES string of the molecule is CC1(C(=O)N2CCC(c3ncc(CNN4C(=O)c5ccccc5C4=O)o3)CC2)CCC1. The minimum Gasteiger partial charge on any atom is -0.444 e. The Morgan fingerprint density at radius 1 is 1.16 bits per heavy atom. The van der Waals surface area contributed by atoms with Gasteiger partial charge in [0.1, 0.15) is 5.76 Å². The Hall–Kier alpha value is -3.00. The van der Waals surface area contributed by atoms with E-state index in [1.54, 1.807) is 30.5 Å². The second-order valence-electron chi connectivity index (χ2n) is 8.97. The van der Waals surface area contributed by atoms with E-state index in [2.05, 4.69) is 17.3 Å². The van der Waals surface area contributed by atoms with Crippen LogP contribution in [0.1, 0.15) is 77.3 Å². The lowest BCUT2D eigenvalue weighted by atomic mass is 9.69. The molecule has 31 heavy (non-hydrogen) atoms. The van der Waals surface area contributed by atoms with Gasteiger partial charge in [-0.25, -0.2) is 15.4 Å². The average Bonchev–Trinajstić information content (AvgIpc) is 3.34. The van der Waals surface area contributed by atoms with Crippen molar-refractivity contribution in [3.8, 4) is 0 Å². The van der Waals surface area contributed by atoms with E-state index in [-0.39, 0.29) is 35.6 Å². The van der Waals surface area contributed by atoms with Gasteiger partial charge in [-0.1, -0.05) is 25.5 Å². The van der Waals surface area contributed by atoms with Crippen LogP contribution in [0.25, 0.3) is 0 Å². The number of hydrazine groups is 1. The number of benzene rings is 1. The summed E-state index contributed by atoms with van der Waals surface area (Å²) in [7, 11) is 0. The summed E-state index contributed by atoms with van der Waals surface area (Å²) in [6.07, 6.45) is 6.42. The smallest absolute Gasteiger partial charge is 0.276 e. The predicted octanol–water partition coefficient (Wildman–Crippen LogP) is 2.87. The first kappa shape index (κ1) is 19.9. The zero-order valence-electron chi connectivity index (χ0n) is 17.6. The van der Waals surface area contributed by atoms with Crippen LogP contribution in [-0.4, -0.2) is 45.7 Å². The summed E-state index contributed by atoms with van der Waals surface area (Å²) in [6, 6.07) is 6.77. The molecule has 1 saturated carbocycles. The van der Waals surface area contributed by atoms with Gasteiger partial charge in [0.2, 0.25) is 5.91 Å². The highest BCUT2D eigenvalue weighted by atomic mass is 16.4. The molecule has 2 aliphatic heterocycles. The van der Waals surface area contributed by atoms with Crippen molar-refractivity contribution in [2.75, 3.05) is 13.1 Å². The molecule has 3 amide bonds. The van der Waals surface area contributed by atoms with Crippen LogP contribution in [0.2, 0.25) is 0 Å². The van der Waals surface area contributed by atoms with Crippen molar-refractivity contribution in [3.05, 3.63) is 53.2 Å². The number of hydrogen-bond donors (Lipinski definition) is 1. The molecule has 0 radical (unpaired) electrons. The molecule has 0 bridgehead atoms. The molecule has 1 N–H and O–H groups in total. The first-order valence-electron chi connectivity index (χ1n) is 10.9. The minimum atomic E-state index is -0.363. The van der Waals surface area contributed by atoms with Gasteiger partial charge in [-0.2, -0.15) is 0 Å². The van der Waals surface area contributed by atoms with E-state index in [1.165, 1.54) is 0 Å². The van der Waals surface area contributed by atoms with Crippen molar-refractivity contribution >= 4 is 17.7 Å². The normalized spacial score (nSPS) is 20.7. The van der Waals surface area contributed by atoms with Crippen LogP contribution in [-0.2, 0) is 11.3 Å². The van der Waals surface area contributed by atoms with Crippen LogP contribution in [0.3, 0.4) is 0 Å². The van der Waals surface area contributed by atoms with Crippen molar-refractivity contribution in [1.82, 2.24) is 20.3 Å². The molecule has 1 aliphatic carbocycles. The highest BCUT2D eigenvalue weighted by Gasteiger charge is 2.43. The van der Waals surface area contributed by atoms with Gasteiger partial charge < -0.3 is 9.32 Å². The second-order valence-corrected chi connectivity index (χ2v) is 8.97. The van der Waals surface area contributed by atoms with Gasteiger partial charge in [0.25, 0.3) is 11.8 Å². The number of piperidine rings is 1. The number of carbonyl (C=O) groups is 3. The van der Waals surface area contributed by atoms with E-state index in [4.69, 9.17) is 4.42 Å². The van der Waals surface area contributed by atoms with Gasteiger partial charge >= 0.3 is 0 Å². The molecule has 2 fully saturated rings. The van der Waals surface area contributed by atoms with E-state index in [9.17, 15) is 14.4 Å². The lowest BCUT2D eigenvalue weighted by Gasteiger charge is -2.42. The number of carbonyl (C=O) groups excluding carboxylic acids is 3. The lowest BCUT2D eigenvalue weighted by molar-refractivity contribution is -0.147. The summed E-state index contributed by atoms with van der Waals surface area (Å²) in [4.78, 5) is 44.0. The number of nitrogens with zero attached hydrogens (tertiary/aromatic N) is 3. The number of likely N-dealkylation sites (tertiary alicyclic amines) is 1. The third kappa shape index (κ3) is 3.44. The van der Waals surface area contributed by atoms with E-state index in [0.717, 1.165) is 50.2 Å². The maximum atomic E-state index is 12.7. The molecule has 3 heterocycles. The Labute approximate surface area is 180 Å². The zero-order valence-corrected chi connectivity index (χ0v) is 17.6. The fraction of sp³-hybridized carbons (Fsp3) is 0.478. The Morgan fingerprint density at radius 2 is 1.81 bits per heavy atom. The summed E-state index contributed by atoms with van der Waals surface area (Å²) >= 11 is 0. The van der Waals surface area contributed by atoms with Crippen LogP contribution >= 0.6 is 0 Å². The predicted molar refractivity (Wildman–Crippen MR) is 111 cm³/mol. The van der Waals surface area contributed by atoms with E-state index in [1.807, 2.05) is 4.90 Å². The molecule has 8 nitrogen and oxygen atoms in total. The molecule has 1 aromatic heterocycles. The number of aromatic nitrogens is 1. The molecule has 162 valence electrons. The van der Waals surface area contributed by atoms with Crippen molar-refractivity contribution in [3.63, 3.8) is 0 Å². The van der Waals surface area contributed by atoms with Crippen LogP contribution in [0.4, 0.5) is 0 Å². The van der Waals surface area contributed by atoms with Crippen LogP contribution < -0.4 is 5.43 Å². The highest BCUT2D eigenvalue weighted by Crippen LogP contribution is 2.42. The molecule has 3 aliphatic rings. The number of nitrogens with one attached hydrogen (secondary N) is 1. The summed E-state index contributed by atoms with van der Waals surface area (Å²) in [6.45, 7) is 3.72. The monoisotopic (exact) mass is 422 g/mol. The Kier molecular flexibility index (Phi) is 4.89. The maximum absolute atomic E-state index is 12.7. The largest absolute Gasteiger partial charge is 0.444 e. The maximum Gasteiger partial charge on any atom is 0.276 e. The third-order valence-electron chi connectivity index (χ3n) is 6.88. The molecule has 5 rings (SSSR count). The third-order valence-corrected chi connectivity index (χ3v) is 6.88. The van der Waals surface area contributed by atoms with Gasteiger partial charge in [-0.15, -0.1) is 0 Å². The van der Waals surface area contributed by atoms with Crippen LogP contribution in [0.5, 0.6) is 0 Å². The lowest BCUT2D eigenvalue weighted by Crippen LogP contribution is -2.48. The highest BCUT2D eigenvalue weighted by molar-refractivity contribution is 6.20. The summed E-state index contributed by atoms with van der Waals surface area (Å²) in [5.41, 5.74) is 3.50. The molecule has 1 saturated heterocycles. The van der Waals surface area contributed by atoms with E-state index >= 15 is 0 Å². The van der Waals surface area contributed by atoms with Gasteiger partial charge in [0.05, 0.1) is 23.9 Å². The zero-order chi connectivity index (χ0) is 21.6. The molecule has 1 aromatic carbocycles. The summed E-state index contributed by atoms with van der Waals surface area (Å²) in [5, 5.41) is 1.03. The van der Waals surface area contributed by atoms with E-state index in [0.29, 0.717) is 22.8 Å². The first-order valence-corrected chi connectivity index (χ1v) is 10.9. The number of amides is 3. The molecular formula is C23H26N4O4. The molecule has 2 aromatic rings. The number of fused-ring (bicyclic) bond motifs is 1. The van der Waals surface area contributed by atoms with Gasteiger partial charge in [-0.05, 0) is 37.8 Å². The van der Waals surface area contributed by atoms with Gasteiger partial charge in [0.15, 0.2) is 5.89 Å². The number of imide groups is 1. The Balaban J connectivity index is 1.16. The first-order chi connectivity index (χ1) is 15.0. The number of rotatable bonds is 5. The number of oxazole rings is 1. The molecule has 0 unspecified atom stereocenters. The van der Waals surface area contributed by atoms with Crippen molar-refractivity contribution < 1.29 is 18.8 Å². The Bertz CT molecular complexity index is 999. The topological polar surface area (TPSA) is 95.8 Å². The Morgan fingerprint density at radius 3 is 2.39 bits per heavy atom. The fourth-order valence-electron chi connectivity index (χ4n) is 4.72. The van der Waals surface area contributed by atoms with Crippen molar-refractivity contribution in [1.29, 1.82) is 0 Å². The van der Waals surface area contributed by atoms with Gasteiger partial charge in [0, 0.05) is 24.4 Å². The van der Waals surface area contributed by atoms with Crippen LogP contribution in [0, 0.1) is 5.41 Å². The summed E-state index contributed by atoms with van der Waals surface area (Å²) < 4.78 is 5.90. The van der Waals surface area contributed by atoms with Gasteiger partial charge in [-0.3, -0.25) is 14.4 Å². The second kappa shape index (κ2) is 7.60. The standard InChI is InChI=1S/C23H26N4O4/c1-23(9-4-10-23)22(30)26-11-7-15(8-12-26)19-24-13-16(31-19)14-25-27-20(28)17-5-2-3-6-18(17)21(27)29/h2-3,5-6,13,15,25H,4,7-12,14H2,1H3. The molecule has 0 spiro atoms. The number of hydrogen-bond acceptors (Lipinski definition) is 6. The van der Waals surface area contributed by atoms with Crippen LogP contribution in [0.15, 0.2) is 34.9 Å². The molecule has 8 heteroatoms. The fourth-order valence-corrected chi connectivity index (χ4v) is 4.72. The quantitative estimate of drug-likeness (QED) is 0.745. The molecular weight excluding hydrogens is 396 g/mol. The minimum absolute atomic E-state index is 0.154.